The lowest BCUT2D eigenvalue weighted by Crippen LogP contribution is -2.13. The summed E-state index contributed by atoms with van der Waals surface area (Å²) in [6.07, 6.45) is 1.86. The normalized spacial score (nSPS) is 10.7. The predicted molar refractivity (Wildman–Crippen MR) is 98.5 cm³/mol. The zero-order valence-corrected chi connectivity index (χ0v) is 14.9. The topological polar surface area (TPSA) is 70.1 Å². The van der Waals surface area contributed by atoms with Crippen molar-refractivity contribution in [2.75, 3.05) is 7.11 Å². The first kappa shape index (κ1) is 17.3. The molecule has 0 atom stereocenters. The van der Waals surface area contributed by atoms with E-state index in [0.717, 1.165) is 17.0 Å². The highest BCUT2D eigenvalue weighted by atomic mass is 35.5. The van der Waals surface area contributed by atoms with E-state index in [4.69, 9.17) is 33.7 Å². The van der Waals surface area contributed by atoms with Crippen LogP contribution in [0.1, 0.15) is 5.56 Å². The van der Waals surface area contributed by atoms with Gasteiger partial charge in [-0.2, -0.15) is 5.10 Å². The number of rotatable bonds is 5. The molecule has 25 heavy (non-hydrogen) atoms. The van der Waals surface area contributed by atoms with Crippen LogP contribution >= 0.6 is 23.2 Å². The summed E-state index contributed by atoms with van der Waals surface area (Å²) in [4.78, 5) is 11.4. The number of carbonyl (C=O) groups excluding carboxylic acids is 1. The molecule has 0 saturated heterocycles. The number of hydrogen-bond donors (Lipinski definition) is 1. The second kappa shape index (κ2) is 7.17. The molecule has 1 amide bonds. The van der Waals surface area contributed by atoms with E-state index in [1.54, 1.807) is 36.2 Å². The Hall–Kier alpha value is -2.50. The van der Waals surface area contributed by atoms with Crippen LogP contribution in [0.25, 0.3) is 16.9 Å². The molecule has 0 unspecified atom stereocenters. The van der Waals surface area contributed by atoms with E-state index in [2.05, 4.69) is 5.10 Å². The maximum Gasteiger partial charge on any atom is 0.221 e. The van der Waals surface area contributed by atoms with Crippen molar-refractivity contribution in [3.05, 3.63) is 64.3 Å². The molecule has 2 N–H and O–H groups in total. The van der Waals surface area contributed by atoms with Crippen LogP contribution < -0.4 is 10.5 Å². The molecule has 0 aliphatic heterocycles. The van der Waals surface area contributed by atoms with Crippen molar-refractivity contribution < 1.29 is 9.53 Å². The molecule has 1 aromatic heterocycles. The number of primary amides is 1. The summed E-state index contributed by atoms with van der Waals surface area (Å²) in [6.45, 7) is 0. The number of halogens is 2. The van der Waals surface area contributed by atoms with E-state index in [-0.39, 0.29) is 6.42 Å². The lowest BCUT2D eigenvalue weighted by molar-refractivity contribution is -0.117. The second-order valence-electron chi connectivity index (χ2n) is 5.42. The third-order valence-electron chi connectivity index (χ3n) is 3.68. The maximum absolute atomic E-state index is 11.4. The summed E-state index contributed by atoms with van der Waals surface area (Å²) >= 11 is 12.1. The van der Waals surface area contributed by atoms with Crippen LogP contribution in [-0.4, -0.2) is 22.8 Å². The number of nitrogens with zero attached hydrogens (tertiary/aromatic N) is 2. The average molecular weight is 376 g/mol. The van der Waals surface area contributed by atoms with Gasteiger partial charge in [-0.1, -0.05) is 29.3 Å². The van der Waals surface area contributed by atoms with Crippen LogP contribution in [-0.2, 0) is 11.2 Å². The van der Waals surface area contributed by atoms with Crippen LogP contribution in [0, 0.1) is 0 Å². The van der Waals surface area contributed by atoms with Crippen LogP contribution in [0.4, 0.5) is 0 Å². The van der Waals surface area contributed by atoms with Gasteiger partial charge in [0.1, 0.15) is 5.75 Å². The first-order valence-electron chi connectivity index (χ1n) is 7.44. The van der Waals surface area contributed by atoms with Crippen molar-refractivity contribution in [2.24, 2.45) is 5.73 Å². The minimum atomic E-state index is -0.435. The van der Waals surface area contributed by atoms with Gasteiger partial charge in [0.15, 0.2) is 0 Å². The molecule has 0 spiro atoms. The molecule has 0 fully saturated rings. The summed E-state index contributed by atoms with van der Waals surface area (Å²) in [5, 5.41) is 5.47. The highest BCUT2D eigenvalue weighted by Crippen LogP contribution is 2.30. The van der Waals surface area contributed by atoms with Gasteiger partial charge in [-0.05, 0) is 36.4 Å². The first-order valence-corrected chi connectivity index (χ1v) is 8.20. The van der Waals surface area contributed by atoms with E-state index in [9.17, 15) is 4.79 Å². The average Bonchev–Trinajstić information content (AvgIpc) is 3.00. The minimum Gasteiger partial charge on any atom is -0.497 e. The molecule has 0 bridgehead atoms. The molecule has 0 saturated carbocycles. The van der Waals surface area contributed by atoms with E-state index in [1.807, 2.05) is 24.3 Å². The fourth-order valence-corrected chi connectivity index (χ4v) is 2.78. The summed E-state index contributed by atoms with van der Waals surface area (Å²) in [5.41, 5.74) is 8.31. The van der Waals surface area contributed by atoms with Gasteiger partial charge in [0, 0.05) is 17.3 Å². The third-order valence-corrected chi connectivity index (χ3v) is 4.42. The summed E-state index contributed by atoms with van der Waals surface area (Å²) in [6, 6.07) is 12.6. The van der Waals surface area contributed by atoms with Crippen molar-refractivity contribution in [3.63, 3.8) is 0 Å². The van der Waals surface area contributed by atoms with E-state index in [1.165, 1.54) is 0 Å². The minimum absolute atomic E-state index is 0.0751. The van der Waals surface area contributed by atoms with Crippen LogP contribution in [0.15, 0.2) is 48.7 Å². The number of carbonyl (C=O) groups is 1. The highest BCUT2D eigenvalue weighted by Gasteiger charge is 2.15. The van der Waals surface area contributed by atoms with Gasteiger partial charge < -0.3 is 10.5 Å². The lowest BCUT2D eigenvalue weighted by atomic mass is 10.1. The smallest absolute Gasteiger partial charge is 0.221 e. The fraction of sp³-hybridized carbons (Fsp3) is 0.111. The van der Waals surface area contributed by atoms with Crippen LogP contribution in [0.3, 0.4) is 0 Å². The first-order chi connectivity index (χ1) is 12.0. The van der Waals surface area contributed by atoms with Crippen LogP contribution in [0.5, 0.6) is 5.75 Å². The number of aromatic nitrogens is 2. The van der Waals surface area contributed by atoms with Crippen LogP contribution in [0.2, 0.25) is 10.0 Å². The fourth-order valence-electron chi connectivity index (χ4n) is 2.48. The number of benzene rings is 2. The lowest BCUT2D eigenvalue weighted by Gasteiger charge is -2.04. The molecule has 0 aliphatic carbocycles. The van der Waals surface area contributed by atoms with Gasteiger partial charge in [0.05, 0.1) is 35.0 Å². The van der Waals surface area contributed by atoms with Crippen molar-refractivity contribution in [1.82, 2.24) is 9.78 Å². The van der Waals surface area contributed by atoms with Crippen molar-refractivity contribution in [3.8, 4) is 22.7 Å². The van der Waals surface area contributed by atoms with Crippen molar-refractivity contribution >= 4 is 29.1 Å². The molecule has 0 radical (unpaired) electrons. The maximum atomic E-state index is 11.4. The zero-order valence-electron chi connectivity index (χ0n) is 13.4. The summed E-state index contributed by atoms with van der Waals surface area (Å²) in [5.74, 6) is 0.313. The SMILES string of the molecule is COc1ccc(-n2cc(CC(N)=O)c(-c3ccc(Cl)c(Cl)c3)n2)cc1. The third kappa shape index (κ3) is 3.78. The van der Waals surface area contributed by atoms with Crippen molar-refractivity contribution in [2.45, 2.75) is 6.42 Å². The molecule has 5 nitrogen and oxygen atoms in total. The standard InChI is InChI=1S/C18H15Cl2N3O2/c1-25-14-5-3-13(4-6-14)23-10-12(9-17(21)24)18(22-23)11-2-7-15(19)16(20)8-11/h2-8,10H,9H2,1H3,(H2,21,24). The Morgan fingerprint density at radius 2 is 1.88 bits per heavy atom. The largest absolute Gasteiger partial charge is 0.497 e. The number of hydrogen-bond acceptors (Lipinski definition) is 3. The van der Waals surface area contributed by atoms with E-state index in [0.29, 0.717) is 21.3 Å². The van der Waals surface area contributed by atoms with Gasteiger partial charge in [0.2, 0.25) is 5.91 Å². The molecule has 3 rings (SSSR count). The Morgan fingerprint density at radius 3 is 2.48 bits per heavy atom. The second-order valence-corrected chi connectivity index (χ2v) is 6.23. The molecular weight excluding hydrogens is 361 g/mol. The highest BCUT2D eigenvalue weighted by molar-refractivity contribution is 6.42. The number of nitrogens with two attached hydrogens (primary N) is 1. The van der Waals surface area contributed by atoms with Gasteiger partial charge >= 0.3 is 0 Å². The van der Waals surface area contributed by atoms with Crippen molar-refractivity contribution in [1.29, 1.82) is 0 Å². The van der Waals surface area contributed by atoms with Gasteiger partial charge in [-0.25, -0.2) is 4.68 Å². The Bertz CT molecular complexity index is 921. The molecule has 2 aromatic carbocycles. The molecule has 7 heteroatoms. The van der Waals surface area contributed by atoms with Gasteiger partial charge in [0.25, 0.3) is 0 Å². The number of ether oxygens (including phenoxy) is 1. The molecule has 128 valence electrons. The monoisotopic (exact) mass is 375 g/mol. The van der Waals surface area contributed by atoms with E-state index < -0.39 is 5.91 Å². The van der Waals surface area contributed by atoms with Gasteiger partial charge in [-0.3, -0.25) is 4.79 Å². The summed E-state index contributed by atoms with van der Waals surface area (Å²) < 4.78 is 6.85. The Kier molecular flexibility index (Phi) is 4.97. The quantitative estimate of drug-likeness (QED) is 0.735. The Morgan fingerprint density at radius 1 is 1.16 bits per heavy atom. The number of methoxy groups -OCH3 is 1. The molecule has 3 aromatic rings. The molecule has 0 aliphatic rings. The van der Waals surface area contributed by atoms with Gasteiger partial charge in [-0.15, -0.1) is 0 Å². The zero-order chi connectivity index (χ0) is 18.0. The number of amides is 1. The molecule has 1 heterocycles. The Labute approximate surface area is 154 Å². The molecular formula is C18H15Cl2N3O2. The predicted octanol–water partition coefficient (Wildman–Crippen LogP) is 3.88. The Balaban J connectivity index is 2.07. The summed E-state index contributed by atoms with van der Waals surface area (Å²) in [7, 11) is 1.61. The van der Waals surface area contributed by atoms with E-state index >= 15 is 0 Å².